The van der Waals surface area contributed by atoms with Gasteiger partial charge in [-0.15, -0.1) is 0 Å². The largest absolute Gasteiger partial charge is 0.0617 e. The number of aryl methyl sites for hydroxylation is 16. The second kappa shape index (κ2) is 23.8. The minimum absolute atomic E-state index is 1.27. The van der Waals surface area contributed by atoms with Crippen LogP contribution < -0.4 is 0 Å². The lowest BCUT2D eigenvalue weighted by Gasteiger charge is -2.23. The fraction of sp³-hybridized carbons (Fsp3) is 0.167. The van der Waals surface area contributed by atoms with Crippen LogP contribution in [-0.4, -0.2) is 0 Å². The van der Waals surface area contributed by atoms with Crippen LogP contribution >= 0.6 is 0 Å². The van der Waals surface area contributed by atoms with E-state index in [1.165, 1.54) is 243 Å². The third-order valence-electron chi connectivity index (χ3n) is 22.1. The highest BCUT2D eigenvalue weighted by atomic mass is 14.3. The van der Waals surface area contributed by atoms with Crippen molar-refractivity contribution in [3.05, 3.63) is 307 Å². The molecule has 16 rings (SSSR count). The topological polar surface area (TPSA) is 0 Å². The highest BCUT2D eigenvalue weighted by molar-refractivity contribution is 6.34. The van der Waals surface area contributed by atoms with Gasteiger partial charge < -0.3 is 0 Å². The standard InChI is InChI=1S/2C48H42/c1-27-9-16-38(34(8)21-27)46-26-45(37-15-12-30(4)33(7)24-37)41-18-17-39-43(35-13-10-28(2)31(5)22-35)25-44(36-14-11-29(3)32(6)23-36)40-19-20-42(46)48(41)47(39)40;1-27-15-17-35(23-33(27)7)41-25-43(45-29(3)11-9-12-30(45)4)39-21-22-40-44(46-31(5)13-10-14-32(46)6)26-42(36-18-16-28(2)34(8)24-36)38-20-19-37(41)47(39)48(38)40/h2*9-26H,1-8H3. The normalized spacial score (nSPS) is 11.8. The maximum Gasteiger partial charge on any atom is -0.00139 e. The summed E-state index contributed by atoms with van der Waals surface area (Å²) in [4.78, 5) is 0. The Morgan fingerprint density at radius 1 is 0.146 bits per heavy atom. The Morgan fingerprint density at radius 2 is 0.385 bits per heavy atom. The van der Waals surface area contributed by atoms with Crippen molar-refractivity contribution in [3.8, 4) is 89.0 Å². The van der Waals surface area contributed by atoms with E-state index in [0.29, 0.717) is 0 Å². The molecule has 0 aromatic heterocycles. The lowest BCUT2D eigenvalue weighted by atomic mass is 9.80. The second-order valence-electron chi connectivity index (χ2n) is 28.4. The molecular formula is C96H84. The van der Waals surface area contributed by atoms with Crippen LogP contribution in [0, 0.1) is 111 Å². The highest BCUT2D eigenvalue weighted by Gasteiger charge is 2.26. The smallest absolute Gasteiger partial charge is 0.00139 e. The van der Waals surface area contributed by atoms with Gasteiger partial charge in [-0.3, -0.25) is 0 Å². The van der Waals surface area contributed by atoms with Crippen molar-refractivity contribution in [2.75, 3.05) is 0 Å². The van der Waals surface area contributed by atoms with Crippen molar-refractivity contribution in [2.24, 2.45) is 0 Å². The van der Waals surface area contributed by atoms with Crippen molar-refractivity contribution in [1.82, 2.24) is 0 Å². The van der Waals surface area contributed by atoms with Crippen LogP contribution in [0.25, 0.3) is 154 Å². The molecule has 16 aromatic rings. The van der Waals surface area contributed by atoms with Crippen LogP contribution in [0.2, 0.25) is 0 Å². The van der Waals surface area contributed by atoms with Crippen LogP contribution in [0.15, 0.2) is 218 Å². The first kappa shape index (κ1) is 61.8. The zero-order valence-corrected chi connectivity index (χ0v) is 58.8. The van der Waals surface area contributed by atoms with E-state index in [9.17, 15) is 0 Å². The zero-order chi connectivity index (χ0) is 66.9. The van der Waals surface area contributed by atoms with Gasteiger partial charge in [0.15, 0.2) is 0 Å². The SMILES string of the molecule is Cc1ccc(-c2cc(-c3c(C)cccc3C)c3ccc4c(-c5c(C)cccc5C)cc(-c5ccc(C)c(C)c5)c5ccc2c3c54)cc1C.Cc1ccc(-c2cc(-c3ccc(C)c(C)c3)c3ccc4c(-c5ccc(C)c(C)c5)cc(-c5ccc(C)c(C)c5)c5ccc2c3c45)c(C)c1. The first-order valence-corrected chi connectivity index (χ1v) is 34.4. The maximum atomic E-state index is 2.47. The first-order chi connectivity index (χ1) is 46.2. The number of rotatable bonds is 8. The fourth-order valence-electron chi connectivity index (χ4n) is 16.0. The minimum atomic E-state index is 1.27. The highest BCUT2D eigenvalue weighted by Crippen LogP contribution is 2.52. The van der Waals surface area contributed by atoms with E-state index in [4.69, 9.17) is 0 Å². The van der Waals surface area contributed by atoms with Gasteiger partial charge >= 0.3 is 0 Å². The molecular weight excluding hydrogens is 1150 g/mol. The van der Waals surface area contributed by atoms with Gasteiger partial charge in [0.25, 0.3) is 0 Å². The van der Waals surface area contributed by atoms with Crippen molar-refractivity contribution in [3.63, 3.8) is 0 Å². The maximum absolute atomic E-state index is 2.47. The van der Waals surface area contributed by atoms with Gasteiger partial charge in [-0.25, -0.2) is 0 Å². The van der Waals surface area contributed by atoms with Gasteiger partial charge in [-0.1, -0.05) is 200 Å². The summed E-state index contributed by atoms with van der Waals surface area (Å²) in [5.41, 5.74) is 41.7. The molecule has 0 heteroatoms. The van der Waals surface area contributed by atoms with E-state index in [0.717, 1.165) is 0 Å². The van der Waals surface area contributed by atoms with Gasteiger partial charge in [0.05, 0.1) is 0 Å². The summed E-state index contributed by atoms with van der Waals surface area (Å²) in [5.74, 6) is 0. The molecule has 0 unspecified atom stereocenters. The van der Waals surface area contributed by atoms with Gasteiger partial charge in [-0.05, 0) is 372 Å². The lowest BCUT2D eigenvalue weighted by Crippen LogP contribution is -1.97. The Labute approximate surface area is 568 Å². The van der Waals surface area contributed by atoms with E-state index in [2.05, 4.69) is 329 Å². The molecule has 96 heavy (non-hydrogen) atoms. The Bertz CT molecular complexity index is 5580. The van der Waals surface area contributed by atoms with Crippen LogP contribution in [-0.2, 0) is 0 Å². The molecule has 0 N–H and O–H groups in total. The molecule has 0 bridgehead atoms. The van der Waals surface area contributed by atoms with Crippen molar-refractivity contribution >= 4 is 64.6 Å². The Balaban J connectivity index is 0.000000158. The van der Waals surface area contributed by atoms with Gasteiger partial charge in [0.2, 0.25) is 0 Å². The van der Waals surface area contributed by atoms with E-state index in [1.54, 1.807) is 0 Å². The molecule has 0 saturated carbocycles. The van der Waals surface area contributed by atoms with E-state index >= 15 is 0 Å². The van der Waals surface area contributed by atoms with E-state index in [1.807, 2.05) is 0 Å². The third-order valence-corrected chi connectivity index (χ3v) is 22.1. The molecule has 0 amide bonds. The number of hydrogen-bond donors (Lipinski definition) is 0. The summed E-state index contributed by atoms with van der Waals surface area (Å²) in [7, 11) is 0. The van der Waals surface area contributed by atoms with Crippen LogP contribution in [0.5, 0.6) is 0 Å². The zero-order valence-electron chi connectivity index (χ0n) is 58.8. The monoisotopic (exact) mass is 1240 g/mol. The Hall–Kier alpha value is -10.4. The number of benzene rings is 16. The molecule has 0 aliphatic heterocycles. The molecule has 0 atom stereocenters. The Kier molecular flexibility index (Phi) is 15.3. The second-order valence-corrected chi connectivity index (χ2v) is 28.4. The molecule has 0 fully saturated rings. The van der Waals surface area contributed by atoms with Gasteiger partial charge in [0, 0.05) is 0 Å². The quantitative estimate of drug-likeness (QED) is 0.133. The summed E-state index contributed by atoms with van der Waals surface area (Å²) in [5, 5.41) is 15.9. The summed E-state index contributed by atoms with van der Waals surface area (Å²) < 4.78 is 0. The molecule has 0 spiro atoms. The predicted octanol–water partition coefficient (Wildman–Crippen LogP) is 27.4. The fourth-order valence-corrected chi connectivity index (χ4v) is 16.0. The van der Waals surface area contributed by atoms with Gasteiger partial charge in [0.1, 0.15) is 0 Å². The molecule has 0 saturated heterocycles. The molecule has 0 nitrogen and oxygen atoms in total. The van der Waals surface area contributed by atoms with Crippen LogP contribution in [0.3, 0.4) is 0 Å². The minimum Gasteiger partial charge on any atom is -0.0617 e. The summed E-state index contributed by atoms with van der Waals surface area (Å²) in [6.45, 7) is 35.6. The van der Waals surface area contributed by atoms with Crippen molar-refractivity contribution in [1.29, 1.82) is 0 Å². The molecule has 0 aliphatic carbocycles. The third kappa shape index (κ3) is 10.3. The van der Waals surface area contributed by atoms with E-state index < -0.39 is 0 Å². The van der Waals surface area contributed by atoms with Crippen LogP contribution in [0.1, 0.15) is 89.0 Å². The first-order valence-electron chi connectivity index (χ1n) is 34.4. The van der Waals surface area contributed by atoms with Crippen molar-refractivity contribution < 1.29 is 0 Å². The summed E-state index contributed by atoms with van der Waals surface area (Å²) >= 11 is 0. The Morgan fingerprint density at radius 3 is 0.646 bits per heavy atom. The average molecular weight is 1240 g/mol. The molecule has 468 valence electrons. The van der Waals surface area contributed by atoms with Gasteiger partial charge in [-0.2, -0.15) is 0 Å². The predicted molar refractivity (Wildman–Crippen MR) is 420 cm³/mol. The average Bonchev–Trinajstić information content (AvgIpc) is 0.712. The molecule has 0 aliphatic rings. The summed E-state index contributed by atoms with van der Waals surface area (Å²) in [6.07, 6.45) is 0. The molecule has 0 radical (unpaired) electrons. The van der Waals surface area contributed by atoms with Crippen molar-refractivity contribution in [2.45, 2.75) is 111 Å². The number of hydrogen-bond acceptors (Lipinski definition) is 0. The molecule has 16 aromatic carbocycles. The van der Waals surface area contributed by atoms with Crippen LogP contribution in [0.4, 0.5) is 0 Å². The summed E-state index contributed by atoms with van der Waals surface area (Å²) in [6, 6.07) is 84.1. The lowest BCUT2D eigenvalue weighted by molar-refractivity contribution is 1.34. The van der Waals surface area contributed by atoms with E-state index in [-0.39, 0.29) is 0 Å². The molecule has 0 heterocycles.